The molecule has 120 valence electrons. The Hall–Kier alpha value is -1.59. The number of likely N-dealkylation sites (N-methyl/N-ethyl adjacent to an activating group) is 1. The second-order valence-corrected chi connectivity index (χ2v) is 6.67. The monoisotopic (exact) mass is 304 g/mol. The Bertz CT molecular complexity index is 564. The number of benzene rings is 1. The molecule has 2 atom stereocenters. The number of amides is 1. The number of hydrogen-bond acceptors (Lipinski definition) is 4. The van der Waals surface area contributed by atoms with Crippen molar-refractivity contribution < 1.29 is 14.6 Å². The van der Waals surface area contributed by atoms with Crippen LogP contribution in [0.1, 0.15) is 21.5 Å². The highest BCUT2D eigenvalue weighted by molar-refractivity contribution is 5.95. The topological polar surface area (TPSA) is 53.0 Å². The average molecular weight is 304 g/mol. The van der Waals surface area contributed by atoms with Crippen LogP contribution in [0.3, 0.4) is 0 Å². The molecule has 22 heavy (non-hydrogen) atoms. The Balaban J connectivity index is 1.86. The van der Waals surface area contributed by atoms with E-state index in [0.29, 0.717) is 24.6 Å². The van der Waals surface area contributed by atoms with Crippen LogP contribution in [0.15, 0.2) is 12.1 Å². The van der Waals surface area contributed by atoms with Gasteiger partial charge in [0.25, 0.3) is 5.91 Å². The van der Waals surface area contributed by atoms with Crippen LogP contribution in [0.25, 0.3) is 0 Å². The van der Waals surface area contributed by atoms with E-state index in [1.165, 1.54) is 0 Å². The zero-order valence-corrected chi connectivity index (χ0v) is 13.5. The van der Waals surface area contributed by atoms with E-state index in [9.17, 15) is 9.90 Å². The minimum atomic E-state index is 0.0541. The van der Waals surface area contributed by atoms with Gasteiger partial charge < -0.3 is 14.7 Å². The zero-order valence-electron chi connectivity index (χ0n) is 13.5. The second-order valence-electron chi connectivity index (χ2n) is 6.67. The molecular weight excluding hydrogens is 280 g/mol. The van der Waals surface area contributed by atoms with E-state index in [4.69, 9.17) is 4.74 Å². The number of phenols is 1. The highest BCUT2D eigenvalue weighted by atomic mass is 16.5. The lowest BCUT2D eigenvalue weighted by molar-refractivity contribution is 0.0433. The summed E-state index contributed by atoms with van der Waals surface area (Å²) in [6, 6.07) is 3.83. The number of nitrogens with zero attached hydrogens (tertiary/aromatic N) is 2. The van der Waals surface area contributed by atoms with Crippen molar-refractivity contribution in [1.82, 2.24) is 9.80 Å². The third kappa shape index (κ3) is 2.83. The summed E-state index contributed by atoms with van der Waals surface area (Å²) in [5, 5.41) is 9.89. The minimum absolute atomic E-state index is 0.0541. The average Bonchev–Trinajstić information content (AvgIpc) is 2.71. The molecule has 0 unspecified atom stereocenters. The van der Waals surface area contributed by atoms with Crippen LogP contribution in [0, 0.1) is 19.8 Å². The SMILES string of the molecule is Cc1cc(C(=O)N2C[C@@H]3COC[C@H](C2)N(C)C3)cc(C)c1O. The molecule has 5 nitrogen and oxygen atoms in total. The molecule has 1 aromatic carbocycles. The van der Waals surface area contributed by atoms with Crippen molar-refractivity contribution >= 4 is 5.91 Å². The maximum atomic E-state index is 12.9. The van der Waals surface area contributed by atoms with Crippen molar-refractivity contribution in [3.63, 3.8) is 0 Å². The van der Waals surface area contributed by atoms with Gasteiger partial charge in [-0.25, -0.2) is 0 Å². The summed E-state index contributed by atoms with van der Waals surface area (Å²) in [7, 11) is 2.11. The largest absolute Gasteiger partial charge is 0.507 e. The van der Waals surface area contributed by atoms with Gasteiger partial charge in [0.05, 0.1) is 19.3 Å². The molecule has 0 radical (unpaired) electrons. The molecule has 0 aliphatic carbocycles. The number of fused-ring (bicyclic) bond motifs is 3. The molecule has 5 heteroatoms. The number of phenolic OH excluding ortho intramolecular Hbond substituents is 1. The molecule has 1 amide bonds. The smallest absolute Gasteiger partial charge is 0.253 e. The minimum Gasteiger partial charge on any atom is -0.507 e. The van der Waals surface area contributed by atoms with Crippen molar-refractivity contribution in [2.45, 2.75) is 19.9 Å². The predicted octanol–water partition coefficient (Wildman–Crippen LogP) is 1.41. The quantitative estimate of drug-likeness (QED) is 0.852. The molecule has 3 rings (SSSR count). The molecule has 2 aliphatic rings. The zero-order chi connectivity index (χ0) is 15.9. The van der Waals surface area contributed by atoms with Crippen molar-refractivity contribution in [1.29, 1.82) is 0 Å². The van der Waals surface area contributed by atoms with E-state index < -0.39 is 0 Å². The van der Waals surface area contributed by atoms with Gasteiger partial charge in [-0.2, -0.15) is 0 Å². The molecule has 0 aromatic heterocycles. The van der Waals surface area contributed by atoms with Crippen LogP contribution >= 0.6 is 0 Å². The lowest BCUT2D eigenvalue weighted by Gasteiger charge is -2.30. The highest BCUT2D eigenvalue weighted by Gasteiger charge is 2.33. The Morgan fingerprint density at radius 1 is 1.18 bits per heavy atom. The van der Waals surface area contributed by atoms with E-state index in [-0.39, 0.29) is 17.7 Å². The molecule has 0 spiro atoms. The first-order valence-electron chi connectivity index (χ1n) is 7.83. The summed E-state index contributed by atoms with van der Waals surface area (Å²) in [5.41, 5.74) is 2.16. The van der Waals surface area contributed by atoms with E-state index in [1.54, 1.807) is 12.1 Å². The van der Waals surface area contributed by atoms with Crippen molar-refractivity contribution in [3.8, 4) is 5.75 Å². The van der Waals surface area contributed by atoms with Gasteiger partial charge >= 0.3 is 0 Å². The van der Waals surface area contributed by atoms with E-state index >= 15 is 0 Å². The summed E-state index contributed by atoms with van der Waals surface area (Å²) >= 11 is 0. The predicted molar refractivity (Wildman–Crippen MR) is 84.2 cm³/mol. The van der Waals surface area contributed by atoms with Crippen LogP contribution < -0.4 is 0 Å². The Labute approximate surface area is 131 Å². The van der Waals surface area contributed by atoms with Crippen LogP contribution in [0.4, 0.5) is 0 Å². The fraction of sp³-hybridized carbons (Fsp3) is 0.588. The van der Waals surface area contributed by atoms with Gasteiger partial charge in [0, 0.05) is 31.1 Å². The summed E-state index contributed by atoms with van der Waals surface area (Å²) in [5.74, 6) is 0.691. The fourth-order valence-corrected chi connectivity index (χ4v) is 3.48. The normalized spacial score (nSPS) is 25.9. The number of aryl methyl sites for hydroxylation is 2. The first kappa shape index (κ1) is 15.3. The Morgan fingerprint density at radius 3 is 2.55 bits per heavy atom. The van der Waals surface area contributed by atoms with Gasteiger partial charge in [-0.05, 0) is 44.2 Å². The molecule has 2 heterocycles. The number of ether oxygens (including phenoxy) is 1. The number of hydrogen-bond donors (Lipinski definition) is 1. The summed E-state index contributed by atoms with van der Waals surface area (Å²) in [6.07, 6.45) is 0. The lowest BCUT2D eigenvalue weighted by atomic mass is 10.0. The molecule has 2 fully saturated rings. The summed E-state index contributed by atoms with van der Waals surface area (Å²) in [6.45, 7) is 7.48. The molecular formula is C17H24N2O3. The first-order chi connectivity index (χ1) is 10.5. The van der Waals surface area contributed by atoms with Crippen LogP contribution in [-0.2, 0) is 4.74 Å². The van der Waals surface area contributed by atoms with Crippen LogP contribution in [0.2, 0.25) is 0 Å². The summed E-state index contributed by atoms with van der Waals surface area (Å²) in [4.78, 5) is 17.1. The van der Waals surface area contributed by atoms with Gasteiger partial charge in [0.2, 0.25) is 0 Å². The van der Waals surface area contributed by atoms with E-state index in [2.05, 4.69) is 11.9 Å². The van der Waals surface area contributed by atoms with Crippen molar-refractivity contribution in [2.75, 3.05) is 39.9 Å². The number of rotatable bonds is 1. The van der Waals surface area contributed by atoms with Gasteiger partial charge in [-0.3, -0.25) is 9.69 Å². The maximum Gasteiger partial charge on any atom is 0.253 e. The van der Waals surface area contributed by atoms with Crippen molar-refractivity contribution in [2.24, 2.45) is 5.92 Å². The van der Waals surface area contributed by atoms with Crippen LogP contribution in [0.5, 0.6) is 5.75 Å². The second kappa shape index (κ2) is 5.89. The van der Waals surface area contributed by atoms with E-state index in [0.717, 1.165) is 30.8 Å². The maximum absolute atomic E-state index is 12.9. The molecule has 2 bridgehead atoms. The number of carbonyl (C=O) groups is 1. The Kier molecular flexibility index (Phi) is 4.10. The van der Waals surface area contributed by atoms with Gasteiger partial charge in [-0.15, -0.1) is 0 Å². The standard InChI is InChI=1S/C17H24N2O3/c1-11-4-14(5-12(2)16(11)20)17(21)19-7-13-6-18(3)15(8-19)10-22-9-13/h4-5,13,15,20H,6-10H2,1-3H3/t13-,15+/m1/s1. The highest BCUT2D eigenvalue weighted by Crippen LogP contribution is 2.25. The molecule has 2 saturated heterocycles. The van der Waals surface area contributed by atoms with Crippen LogP contribution in [-0.4, -0.2) is 66.8 Å². The number of aromatic hydroxyl groups is 1. The Morgan fingerprint density at radius 2 is 1.86 bits per heavy atom. The third-order valence-corrected chi connectivity index (χ3v) is 4.77. The molecule has 0 saturated carbocycles. The lowest BCUT2D eigenvalue weighted by Crippen LogP contribution is -2.44. The molecule has 1 aromatic rings. The van der Waals surface area contributed by atoms with E-state index in [1.807, 2.05) is 18.7 Å². The first-order valence-corrected chi connectivity index (χ1v) is 7.83. The molecule has 2 aliphatic heterocycles. The third-order valence-electron chi connectivity index (χ3n) is 4.77. The van der Waals surface area contributed by atoms with Gasteiger partial charge in [0.1, 0.15) is 5.75 Å². The fourth-order valence-electron chi connectivity index (χ4n) is 3.48. The van der Waals surface area contributed by atoms with Gasteiger partial charge in [0.15, 0.2) is 0 Å². The summed E-state index contributed by atoms with van der Waals surface area (Å²) < 4.78 is 5.71. The van der Waals surface area contributed by atoms with Crippen molar-refractivity contribution in [3.05, 3.63) is 28.8 Å². The number of carbonyl (C=O) groups excluding carboxylic acids is 1. The molecule has 1 N–H and O–H groups in total. The van der Waals surface area contributed by atoms with Gasteiger partial charge in [-0.1, -0.05) is 0 Å².